The highest BCUT2D eigenvalue weighted by Gasteiger charge is 2.06. The first-order valence-corrected chi connectivity index (χ1v) is 5.23. The van der Waals surface area contributed by atoms with Gasteiger partial charge < -0.3 is 0 Å². The maximum atomic E-state index is 10.9. The Labute approximate surface area is 78.9 Å². The number of halogens is 2. The molecule has 1 heterocycles. The summed E-state index contributed by atoms with van der Waals surface area (Å²) in [5.74, 6) is 0.0157. The monoisotopic (exact) mass is 283 g/mol. The second-order valence-electron chi connectivity index (χ2n) is 1.54. The Balaban J connectivity index is 2.85. The molecular formula is C5H3Br2NOS. The second kappa shape index (κ2) is 3.59. The summed E-state index contributed by atoms with van der Waals surface area (Å²) < 4.78 is 0.747. The number of nitrogens with zero attached hydrogens (tertiary/aromatic N) is 1. The van der Waals surface area contributed by atoms with Crippen LogP contribution < -0.4 is 0 Å². The Bertz CT molecular complexity index is 248. The highest BCUT2D eigenvalue weighted by atomic mass is 79.9. The first-order valence-electron chi connectivity index (χ1n) is 2.44. The van der Waals surface area contributed by atoms with E-state index in [1.54, 1.807) is 5.38 Å². The lowest BCUT2D eigenvalue weighted by Crippen LogP contribution is -1.99. The Hall–Kier alpha value is 0.260. The van der Waals surface area contributed by atoms with Crippen molar-refractivity contribution in [2.75, 3.05) is 5.33 Å². The normalized spacial score (nSPS) is 9.80. The van der Waals surface area contributed by atoms with E-state index in [2.05, 4.69) is 36.8 Å². The van der Waals surface area contributed by atoms with Crippen LogP contribution in [0.1, 0.15) is 10.5 Å². The van der Waals surface area contributed by atoms with Crippen LogP contribution in [-0.2, 0) is 0 Å². The molecule has 1 aromatic heterocycles. The minimum absolute atomic E-state index is 0.0157. The zero-order valence-corrected chi connectivity index (χ0v) is 8.79. The Morgan fingerprint density at radius 2 is 2.50 bits per heavy atom. The summed E-state index contributed by atoms with van der Waals surface area (Å²) in [5.41, 5.74) is 0.522. The number of Topliss-reactive ketones (excluding diaryl/α,β-unsaturated/α-hetero) is 1. The first-order chi connectivity index (χ1) is 4.74. The van der Waals surface area contributed by atoms with Crippen LogP contribution >= 0.6 is 43.2 Å². The molecule has 0 amide bonds. The fraction of sp³-hybridized carbons (Fsp3) is 0.200. The lowest BCUT2D eigenvalue weighted by atomic mass is 10.4. The molecule has 0 radical (unpaired) electrons. The van der Waals surface area contributed by atoms with E-state index in [0.29, 0.717) is 11.0 Å². The third-order valence-corrected chi connectivity index (χ3v) is 2.76. The molecule has 0 unspecified atom stereocenters. The molecule has 10 heavy (non-hydrogen) atoms. The topological polar surface area (TPSA) is 30.0 Å². The summed E-state index contributed by atoms with van der Waals surface area (Å²) >= 11 is 7.64. The van der Waals surface area contributed by atoms with Crippen LogP contribution in [0.25, 0.3) is 0 Å². The molecule has 0 spiro atoms. The van der Waals surface area contributed by atoms with Gasteiger partial charge in [0.25, 0.3) is 0 Å². The number of carbonyl (C=O) groups excluding carboxylic acids is 1. The molecule has 0 saturated carbocycles. The number of rotatable bonds is 2. The summed E-state index contributed by atoms with van der Waals surface area (Å²) in [6.07, 6.45) is 0. The minimum atomic E-state index is 0.0157. The number of hydrogen-bond donors (Lipinski definition) is 0. The number of aromatic nitrogens is 1. The van der Waals surface area contributed by atoms with E-state index >= 15 is 0 Å². The number of hydrogen-bond acceptors (Lipinski definition) is 3. The van der Waals surface area contributed by atoms with Gasteiger partial charge in [-0.3, -0.25) is 4.79 Å². The smallest absolute Gasteiger partial charge is 0.192 e. The van der Waals surface area contributed by atoms with Gasteiger partial charge >= 0.3 is 0 Å². The van der Waals surface area contributed by atoms with Crippen molar-refractivity contribution in [2.45, 2.75) is 0 Å². The molecule has 5 heteroatoms. The maximum Gasteiger partial charge on any atom is 0.192 e. The molecule has 0 aliphatic heterocycles. The van der Waals surface area contributed by atoms with Crippen LogP contribution in [0.4, 0.5) is 0 Å². The van der Waals surface area contributed by atoms with E-state index in [4.69, 9.17) is 0 Å². The van der Waals surface area contributed by atoms with E-state index in [0.717, 1.165) is 3.92 Å². The van der Waals surface area contributed by atoms with Crippen LogP contribution in [-0.4, -0.2) is 16.1 Å². The van der Waals surface area contributed by atoms with Gasteiger partial charge in [-0.2, -0.15) is 0 Å². The molecular weight excluding hydrogens is 282 g/mol. The molecule has 0 fully saturated rings. The molecule has 0 N–H and O–H groups in total. The Morgan fingerprint density at radius 3 is 2.90 bits per heavy atom. The van der Waals surface area contributed by atoms with Crippen LogP contribution in [0.3, 0.4) is 0 Å². The van der Waals surface area contributed by atoms with Crippen molar-refractivity contribution in [1.29, 1.82) is 0 Å². The minimum Gasteiger partial charge on any atom is -0.291 e. The molecule has 1 rings (SSSR count). The predicted octanol–water partition coefficient (Wildman–Crippen LogP) is 2.48. The van der Waals surface area contributed by atoms with Crippen LogP contribution in [0, 0.1) is 0 Å². The Morgan fingerprint density at radius 1 is 1.80 bits per heavy atom. The van der Waals surface area contributed by atoms with Crippen molar-refractivity contribution in [3.63, 3.8) is 0 Å². The van der Waals surface area contributed by atoms with Crippen LogP contribution in [0.5, 0.6) is 0 Å². The van der Waals surface area contributed by atoms with Gasteiger partial charge in [0.05, 0.1) is 5.33 Å². The molecule has 2 nitrogen and oxygen atoms in total. The molecule has 1 aromatic rings. The largest absolute Gasteiger partial charge is 0.291 e. The summed E-state index contributed by atoms with van der Waals surface area (Å²) in [6, 6.07) is 0. The van der Waals surface area contributed by atoms with Crippen molar-refractivity contribution in [3.8, 4) is 0 Å². The lowest BCUT2D eigenvalue weighted by molar-refractivity contribution is 0.101. The summed E-state index contributed by atoms with van der Waals surface area (Å²) in [5, 5.41) is 2.07. The van der Waals surface area contributed by atoms with Gasteiger partial charge in [0.2, 0.25) is 0 Å². The van der Waals surface area contributed by atoms with E-state index in [9.17, 15) is 4.79 Å². The fourth-order valence-electron chi connectivity index (χ4n) is 0.448. The zero-order valence-electron chi connectivity index (χ0n) is 4.80. The number of alkyl halides is 1. The summed E-state index contributed by atoms with van der Waals surface area (Å²) in [6.45, 7) is 0. The molecule has 0 aliphatic rings. The van der Waals surface area contributed by atoms with Crippen molar-refractivity contribution in [2.24, 2.45) is 0 Å². The van der Waals surface area contributed by atoms with Gasteiger partial charge in [0.15, 0.2) is 9.70 Å². The van der Waals surface area contributed by atoms with E-state index in [1.807, 2.05) is 0 Å². The van der Waals surface area contributed by atoms with Gasteiger partial charge in [-0.25, -0.2) is 4.98 Å². The molecule has 0 saturated heterocycles. The molecule has 0 aromatic carbocycles. The second-order valence-corrected chi connectivity index (χ2v) is 4.24. The van der Waals surface area contributed by atoms with Crippen LogP contribution in [0.2, 0.25) is 0 Å². The highest BCUT2D eigenvalue weighted by molar-refractivity contribution is 9.11. The lowest BCUT2D eigenvalue weighted by Gasteiger charge is -1.84. The Kier molecular flexibility index (Phi) is 3.00. The van der Waals surface area contributed by atoms with Gasteiger partial charge in [0, 0.05) is 5.38 Å². The van der Waals surface area contributed by atoms with Gasteiger partial charge in [-0.15, -0.1) is 11.3 Å². The average molecular weight is 285 g/mol. The summed E-state index contributed by atoms with van der Waals surface area (Å²) in [7, 11) is 0. The van der Waals surface area contributed by atoms with E-state index in [-0.39, 0.29) is 5.78 Å². The van der Waals surface area contributed by atoms with Crippen molar-refractivity contribution < 1.29 is 4.79 Å². The molecule has 0 atom stereocenters. The number of ketones is 1. The molecule has 54 valence electrons. The average Bonchev–Trinajstić information content (AvgIpc) is 2.34. The molecule has 0 aliphatic carbocycles. The quantitative estimate of drug-likeness (QED) is 0.617. The fourth-order valence-corrected chi connectivity index (χ4v) is 1.75. The maximum absolute atomic E-state index is 10.9. The highest BCUT2D eigenvalue weighted by Crippen LogP contribution is 2.16. The van der Waals surface area contributed by atoms with Crippen molar-refractivity contribution >= 4 is 49.0 Å². The predicted molar refractivity (Wildman–Crippen MR) is 47.9 cm³/mol. The van der Waals surface area contributed by atoms with Gasteiger partial charge in [-0.1, -0.05) is 15.9 Å². The van der Waals surface area contributed by atoms with Gasteiger partial charge in [-0.05, 0) is 15.9 Å². The van der Waals surface area contributed by atoms with Crippen molar-refractivity contribution in [1.82, 2.24) is 4.98 Å². The van der Waals surface area contributed by atoms with Crippen LogP contribution in [0.15, 0.2) is 9.30 Å². The third-order valence-electron chi connectivity index (χ3n) is 0.883. The molecule has 0 bridgehead atoms. The van der Waals surface area contributed by atoms with Crippen molar-refractivity contribution in [3.05, 3.63) is 15.0 Å². The third kappa shape index (κ3) is 1.87. The van der Waals surface area contributed by atoms with E-state index in [1.165, 1.54) is 11.3 Å². The van der Waals surface area contributed by atoms with E-state index < -0.39 is 0 Å². The summed E-state index contributed by atoms with van der Waals surface area (Å²) in [4.78, 5) is 14.8. The first kappa shape index (κ1) is 8.36. The SMILES string of the molecule is O=C(CBr)c1csc(Br)n1. The number of thiazole rings is 1. The standard InChI is InChI=1S/C5H3Br2NOS/c6-1-4(9)3-2-10-5(7)8-3/h2H,1H2. The zero-order chi connectivity index (χ0) is 7.56. The number of carbonyl (C=O) groups is 1. The van der Waals surface area contributed by atoms with Gasteiger partial charge in [0.1, 0.15) is 5.69 Å².